The van der Waals surface area contributed by atoms with Crippen LogP contribution in [0.5, 0.6) is 5.75 Å². The predicted molar refractivity (Wildman–Crippen MR) is 94.7 cm³/mol. The minimum absolute atomic E-state index is 0.0423. The third-order valence-electron chi connectivity index (χ3n) is 3.26. The lowest BCUT2D eigenvalue weighted by molar-refractivity contribution is -0.118. The molecule has 1 aliphatic rings. The highest BCUT2D eigenvalue weighted by Gasteiger charge is 2.16. The standard InChI is InChI=1S/C17H12Cl2N2O3/c18-11-3-1-10(13(19)7-11)2-6-16(22)20-12-4-5-14-15(8-12)24-9-17(23)21-14/h1-8H,9H2,(H,20,22)(H,21,23)/b6-2+. The Balaban J connectivity index is 1.69. The lowest BCUT2D eigenvalue weighted by Crippen LogP contribution is -2.25. The van der Waals surface area contributed by atoms with Crippen molar-refractivity contribution in [1.82, 2.24) is 0 Å². The molecule has 24 heavy (non-hydrogen) atoms. The second-order valence-electron chi connectivity index (χ2n) is 5.04. The van der Waals surface area contributed by atoms with Gasteiger partial charge in [-0.3, -0.25) is 9.59 Å². The molecule has 1 aliphatic heterocycles. The van der Waals surface area contributed by atoms with Crippen molar-refractivity contribution in [1.29, 1.82) is 0 Å². The second-order valence-corrected chi connectivity index (χ2v) is 5.88. The fourth-order valence-corrected chi connectivity index (χ4v) is 2.61. The quantitative estimate of drug-likeness (QED) is 0.811. The zero-order valence-electron chi connectivity index (χ0n) is 12.3. The molecule has 0 aliphatic carbocycles. The molecular formula is C17H12Cl2N2O3. The first-order chi connectivity index (χ1) is 11.5. The molecule has 0 bridgehead atoms. The number of hydrogen-bond acceptors (Lipinski definition) is 3. The van der Waals surface area contributed by atoms with Crippen molar-refractivity contribution in [3.63, 3.8) is 0 Å². The Kier molecular flexibility index (Phi) is 4.74. The first-order valence-electron chi connectivity index (χ1n) is 7.02. The van der Waals surface area contributed by atoms with E-state index in [-0.39, 0.29) is 18.4 Å². The Morgan fingerprint density at radius 1 is 1.21 bits per heavy atom. The summed E-state index contributed by atoms with van der Waals surface area (Å²) in [6.07, 6.45) is 2.97. The van der Waals surface area contributed by atoms with E-state index in [9.17, 15) is 9.59 Å². The zero-order chi connectivity index (χ0) is 17.1. The molecule has 0 unspecified atom stereocenters. The van der Waals surface area contributed by atoms with Crippen LogP contribution in [0.4, 0.5) is 11.4 Å². The van der Waals surface area contributed by atoms with Gasteiger partial charge in [0.25, 0.3) is 5.91 Å². The Hall–Kier alpha value is -2.50. The van der Waals surface area contributed by atoms with Crippen molar-refractivity contribution in [2.24, 2.45) is 0 Å². The van der Waals surface area contributed by atoms with Gasteiger partial charge < -0.3 is 15.4 Å². The third-order valence-corrected chi connectivity index (χ3v) is 3.82. The van der Waals surface area contributed by atoms with E-state index in [0.717, 1.165) is 0 Å². The number of nitrogens with one attached hydrogen (secondary N) is 2. The van der Waals surface area contributed by atoms with Crippen LogP contribution in [0.25, 0.3) is 6.08 Å². The SMILES string of the molecule is O=C(/C=C/c1ccc(Cl)cc1Cl)Nc1ccc2c(c1)OCC(=O)N2. The number of anilines is 2. The Bertz CT molecular complexity index is 850. The van der Waals surface area contributed by atoms with Crippen molar-refractivity contribution >= 4 is 52.5 Å². The number of fused-ring (bicyclic) bond motifs is 1. The van der Waals surface area contributed by atoms with E-state index in [1.807, 2.05) is 0 Å². The van der Waals surface area contributed by atoms with Gasteiger partial charge in [-0.15, -0.1) is 0 Å². The average molecular weight is 363 g/mol. The number of carbonyl (C=O) groups excluding carboxylic acids is 2. The number of benzene rings is 2. The molecule has 0 atom stereocenters. The molecule has 7 heteroatoms. The van der Waals surface area contributed by atoms with Crippen LogP contribution in [0, 0.1) is 0 Å². The van der Waals surface area contributed by atoms with Crippen molar-refractivity contribution in [3.8, 4) is 5.75 Å². The molecule has 5 nitrogen and oxygen atoms in total. The summed E-state index contributed by atoms with van der Waals surface area (Å²) in [5.41, 5.74) is 1.82. The molecule has 2 aromatic rings. The zero-order valence-corrected chi connectivity index (χ0v) is 13.8. The molecule has 122 valence electrons. The van der Waals surface area contributed by atoms with E-state index in [1.54, 1.807) is 42.5 Å². The van der Waals surface area contributed by atoms with Crippen LogP contribution in [-0.4, -0.2) is 18.4 Å². The van der Waals surface area contributed by atoms with Crippen LogP contribution < -0.4 is 15.4 Å². The second kappa shape index (κ2) is 6.95. The molecular weight excluding hydrogens is 351 g/mol. The van der Waals surface area contributed by atoms with Gasteiger partial charge in [-0.2, -0.15) is 0 Å². The van der Waals surface area contributed by atoms with Crippen LogP contribution in [0.2, 0.25) is 10.0 Å². The lowest BCUT2D eigenvalue weighted by atomic mass is 10.2. The van der Waals surface area contributed by atoms with Crippen LogP contribution >= 0.6 is 23.2 Å². The van der Waals surface area contributed by atoms with Crippen LogP contribution in [0.1, 0.15) is 5.56 Å². The molecule has 0 fully saturated rings. The molecule has 0 saturated carbocycles. The summed E-state index contributed by atoms with van der Waals surface area (Å²) in [5, 5.41) is 6.39. The summed E-state index contributed by atoms with van der Waals surface area (Å²) in [6.45, 7) is -0.0423. The Morgan fingerprint density at radius 3 is 2.83 bits per heavy atom. The predicted octanol–water partition coefficient (Wildman–Crippen LogP) is 3.98. The summed E-state index contributed by atoms with van der Waals surface area (Å²) in [5.74, 6) is -0.0139. The van der Waals surface area contributed by atoms with Crippen LogP contribution in [0.3, 0.4) is 0 Å². The largest absolute Gasteiger partial charge is 0.482 e. The number of ether oxygens (including phenoxy) is 1. The van der Waals surface area contributed by atoms with E-state index in [4.69, 9.17) is 27.9 Å². The van der Waals surface area contributed by atoms with Crippen LogP contribution in [0.15, 0.2) is 42.5 Å². The van der Waals surface area contributed by atoms with Gasteiger partial charge in [0.15, 0.2) is 6.61 Å². The van der Waals surface area contributed by atoms with Gasteiger partial charge in [0.05, 0.1) is 5.69 Å². The molecule has 0 radical (unpaired) electrons. The lowest BCUT2D eigenvalue weighted by Gasteiger charge is -2.18. The fourth-order valence-electron chi connectivity index (χ4n) is 2.14. The topological polar surface area (TPSA) is 67.4 Å². The van der Waals surface area contributed by atoms with Gasteiger partial charge in [-0.25, -0.2) is 0 Å². The van der Waals surface area contributed by atoms with Crippen molar-refractivity contribution in [2.45, 2.75) is 0 Å². The number of rotatable bonds is 3. The van der Waals surface area contributed by atoms with Crippen molar-refractivity contribution < 1.29 is 14.3 Å². The summed E-state index contributed by atoms with van der Waals surface area (Å²) < 4.78 is 5.30. The fraction of sp³-hybridized carbons (Fsp3) is 0.0588. The van der Waals surface area contributed by atoms with E-state index >= 15 is 0 Å². The van der Waals surface area contributed by atoms with Gasteiger partial charge in [-0.1, -0.05) is 29.3 Å². The Labute approximate surface area is 148 Å². The average Bonchev–Trinajstić information content (AvgIpc) is 2.54. The monoisotopic (exact) mass is 362 g/mol. The van der Waals surface area contributed by atoms with Gasteiger partial charge in [0.1, 0.15) is 5.75 Å². The molecule has 3 rings (SSSR count). The normalized spacial score (nSPS) is 13.2. The van der Waals surface area contributed by atoms with Gasteiger partial charge in [0, 0.05) is 27.9 Å². The molecule has 0 aromatic heterocycles. The highest BCUT2D eigenvalue weighted by atomic mass is 35.5. The molecule has 2 N–H and O–H groups in total. The number of hydrogen-bond donors (Lipinski definition) is 2. The van der Waals surface area contributed by atoms with Gasteiger partial charge >= 0.3 is 0 Å². The van der Waals surface area contributed by atoms with E-state index in [0.29, 0.717) is 32.7 Å². The third kappa shape index (κ3) is 3.88. The van der Waals surface area contributed by atoms with Crippen LogP contribution in [-0.2, 0) is 9.59 Å². The first kappa shape index (κ1) is 16.4. The van der Waals surface area contributed by atoms with Gasteiger partial charge in [0.2, 0.25) is 5.91 Å². The van der Waals surface area contributed by atoms with E-state index < -0.39 is 0 Å². The summed E-state index contributed by atoms with van der Waals surface area (Å²) in [4.78, 5) is 23.2. The maximum atomic E-state index is 12.0. The smallest absolute Gasteiger partial charge is 0.262 e. The molecule has 2 aromatic carbocycles. The highest BCUT2D eigenvalue weighted by molar-refractivity contribution is 6.35. The highest BCUT2D eigenvalue weighted by Crippen LogP contribution is 2.30. The number of amides is 2. The molecule has 0 spiro atoms. The maximum Gasteiger partial charge on any atom is 0.262 e. The van der Waals surface area contributed by atoms with E-state index in [2.05, 4.69) is 10.6 Å². The first-order valence-corrected chi connectivity index (χ1v) is 7.78. The summed E-state index contributed by atoms with van der Waals surface area (Å²) in [7, 11) is 0. The van der Waals surface area contributed by atoms with Crippen molar-refractivity contribution in [2.75, 3.05) is 17.2 Å². The van der Waals surface area contributed by atoms with Crippen molar-refractivity contribution in [3.05, 3.63) is 58.1 Å². The minimum Gasteiger partial charge on any atom is -0.482 e. The molecule has 2 amide bonds. The van der Waals surface area contributed by atoms with E-state index in [1.165, 1.54) is 6.08 Å². The number of halogens is 2. The number of carbonyl (C=O) groups is 2. The van der Waals surface area contributed by atoms with Gasteiger partial charge in [-0.05, 0) is 35.9 Å². The molecule has 0 saturated heterocycles. The summed E-state index contributed by atoms with van der Waals surface area (Å²) >= 11 is 11.9. The maximum absolute atomic E-state index is 12.0. The summed E-state index contributed by atoms with van der Waals surface area (Å²) in [6, 6.07) is 10.0. The molecule has 1 heterocycles. The Morgan fingerprint density at radius 2 is 2.04 bits per heavy atom. The minimum atomic E-state index is -0.319.